The molecule has 3 atom stereocenters. The monoisotopic (exact) mass is 141 g/mol. The van der Waals surface area contributed by atoms with E-state index in [4.69, 9.17) is 4.74 Å². The first kappa shape index (κ1) is 6.62. The summed E-state index contributed by atoms with van der Waals surface area (Å²) in [6.07, 6.45) is 3.20. The molecule has 0 aromatic rings. The molecule has 0 amide bonds. The van der Waals surface area contributed by atoms with Crippen molar-refractivity contribution < 1.29 is 4.74 Å². The van der Waals surface area contributed by atoms with Crippen LogP contribution in [0, 0.1) is 5.92 Å². The molecular weight excluding hydrogens is 126 g/mol. The second-order valence-corrected chi connectivity index (χ2v) is 3.62. The van der Waals surface area contributed by atoms with Crippen LogP contribution in [-0.2, 0) is 4.74 Å². The first-order valence-electron chi connectivity index (χ1n) is 4.04. The number of piperidine rings is 1. The third-order valence-electron chi connectivity index (χ3n) is 2.98. The molecule has 2 nitrogen and oxygen atoms in total. The van der Waals surface area contributed by atoms with E-state index in [-0.39, 0.29) is 0 Å². The fraction of sp³-hybridized carbons (Fsp3) is 1.00. The Hall–Kier alpha value is -0.0800. The third-order valence-corrected chi connectivity index (χ3v) is 2.98. The predicted octanol–water partition coefficient (Wildman–Crippen LogP) is 0.725. The summed E-state index contributed by atoms with van der Waals surface area (Å²) in [6, 6.07) is 0.731. The van der Waals surface area contributed by atoms with Gasteiger partial charge in [-0.2, -0.15) is 0 Å². The average molecular weight is 141 g/mol. The zero-order valence-electron chi connectivity index (χ0n) is 6.71. The normalized spacial score (nSPS) is 46.8. The SMILES string of the molecule is COC1CC2C[C@@H]1N(C)C2. The Morgan fingerprint density at radius 1 is 1.40 bits per heavy atom. The van der Waals surface area contributed by atoms with E-state index in [9.17, 15) is 0 Å². The highest BCUT2D eigenvalue weighted by molar-refractivity contribution is 4.97. The van der Waals surface area contributed by atoms with Gasteiger partial charge < -0.3 is 9.64 Å². The van der Waals surface area contributed by atoms with Crippen LogP contribution in [-0.4, -0.2) is 37.7 Å². The summed E-state index contributed by atoms with van der Waals surface area (Å²) < 4.78 is 5.37. The van der Waals surface area contributed by atoms with Gasteiger partial charge in [0.1, 0.15) is 0 Å². The van der Waals surface area contributed by atoms with E-state index in [1.54, 1.807) is 0 Å². The highest BCUT2D eigenvalue weighted by Crippen LogP contribution is 2.37. The number of rotatable bonds is 1. The van der Waals surface area contributed by atoms with Crippen LogP contribution >= 0.6 is 0 Å². The summed E-state index contributed by atoms with van der Waals surface area (Å²) in [5, 5.41) is 0. The lowest BCUT2D eigenvalue weighted by molar-refractivity contribution is 0.0297. The second kappa shape index (κ2) is 2.21. The van der Waals surface area contributed by atoms with Gasteiger partial charge in [-0.05, 0) is 25.8 Å². The van der Waals surface area contributed by atoms with Crippen LogP contribution in [0.4, 0.5) is 0 Å². The van der Waals surface area contributed by atoms with Gasteiger partial charge in [0.15, 0.2) is 0 Å². The van der Waals surface area contributed by atoms with Gasteiger partial charge in [-0.25, -0.2) is 0 Å². The van der Waals surface area contributed by atoms with Gasteiger partial charge in [-0.3, -0.25) is 0 Å². The molecule has 1 heterocycles. The predicted molar refractivity (Wildman–Crippen MR) is 39.9 cm³/mol. The highest BCUT2D eigenvalue weighted by Gasteiger charge is 2.43. The Labute approximate surface area is 62.2 Å². The second-order valence-electron chi connectivity index (χ2n) is 3.62. The molecule has 0 aromatic carbocycles. The van der Waals surface area contributed by atoms with E-state index in [0.717, 1.165) is 12.0 Å². The Morgan fingerprint density at radius 3 is 2.60 bits per heavy atom. The number of nitrogens with zero attached hydrogens (tertiary/aromatic N) is 1. The molecule has 2 unspecified atom stereocenters. The van der Waals surface area contributed by atoms with Gasteiger partial charge in [0.25, 0.3) is 0 Å². The van der Waals surface area contributed by atoms with Crippen molar-refractivity contribution in [3.63, 3.8) is 0 Å². The standard InChI is InChI=1S/C8H15NO/c1-9-5-6-3-7(9)8(4-6)10-2/h6-8H,3-5H2,1-2H3/t6?,7-,8?/m0/s1. The summed E-state index contributed by atoms with van der Waals surface area (Å²) >= 11 is 0. The van der Waals surface area contributed by atoms with Crippen molar-refractivity contribution in [2.45, 2.75) is 25.0 Å². The first-order valence-corrected chi connectivity index (χ1v) is 4.04. The summed E-state index contributed by atoms with van der Waals surface area (Å²) in [5.74, 6) is 0.931. The number of ether oxygens (including phenoxy) is 1. The van der Waals surface area contributed by atoms with Crippen LogP contribution in [0.3, 0.4) is 0 Å². The van der Waals surface area contributed by atoms with Crippen LogP contribution in [0.15, 0.2) is 0 Å². The average Bonchev–Trinajstić information content (AvgIpc) is 2.44. The van der Waals surface area contributed by atoms with Crippen LogP contribution in [0.2, 0.25) is 0 Å². The maximum Gasteiger partial charge on any atom is 0.0729 e. The first-order chi connectivity index (χ1) is 4.81. The minimum atomic E-state index is 0.531. The molecule has 0 radical (unpaired) electrons. The maximum absolute atomic E-state index is 5.37. The molecule has 0 spiro atoms. The van der Waals surface area contributed by atoms with Gasteiger partial charge in [0, 0.05) is 19.7 Å². The van der Waals surface area contributed by atoms with E-state index in [1.165, 1.54) is 19.4 Å². The molecule has 1 aliphatic heterocycles. The number of fused-ring (bicyclic) bond motifs is 2. The fourth-order valence-corrected chi connectivity index (χ4v) is 2.48. The van der Waals surface area contributed by atoms with E-state index in [2.05, 4.69) is 11.9 Å². The van der Waals surface area contributed by atoms with Crippen molar-refractivity contribution in [1.82, 2.24) is 4.90 Å². The molecule has 2 rings (SSSR count). The maximum atomic E-state index is 5.37. The van der Waals surface area contributed by atoms with E-state index < -0.39 is 0 Å². The van der Waals surface area contributed by atoms with Crippen molar-refractivity contribution >= 4 is 0 Å². The molecular formula is C8H15NO. The number of hydrogen-bond acceptors (Lipinski definition) is 2. The molecule has 2 aliphatic rings. The molecule has 0 aromatic heterocycles. The van der Waals surface area contributed by atoms with Gasteiger partial charge >= 0.3 is 0 Å². The number of likely N-dealkylation sites (N-methyl/N-ethyl adjacent to an activating group) is 1. The molecule has 1 saturated heterocycles. The quantitative estimate of drug-likeness (QED) is 0.533. The zero-order valence-corrected chi connectivity index (χ0v) is 6.71. The molecule has 2 heteroatoms. The van der Waals surface area contributed by atoms with E-state index in [0.29, 0.717) is 6.10 Å². The lowest BCUT2D eigenvalue weighted by Crippen LogP contribution is -2.39. The minimum Gasteiger partial charge on any atom is -0.380 e. The van der Waals surface area contributed by atoms with Crippen LogP contribution < -0.4 is 0 Å². The highest BCUT2D eigenvalue weighted by atomic mass is 16.5. The Bertz CT molecular complexity index is 135. The lowest BCUT2D eigenvalue weighted by Gasteiger charge is -2.28. The number of hydrogen-bond donors (Lipinski definition) is 0. The van der Waals surface area contributed by atoms with Crippen molar-refractivity contribution in [3.8, 4) is 0 Å². The lowest BCUT2D eigenvalue weighted by atomic mass is 10.1. The van der Waals surface area contributed by atoms with Crippen molar-refractivity contribution in [3.05, 3.63) is 0 Å². The van der Waals surface area contributed by atoms with Crippen molar-refractivity contribution in [2.75, 3.05) is 20.7 Å². The molecule has 0 N–H and O–H groups in total. The van der Waals surface area contributed by atoms with Crippen LogP contribution in [0.5, 0.6) is 0 Å². The van der Waals surface area contributed by atoms with Gasteiger partial charge in [0.2, 0.25) is 0 Å². The molecule has 10 heavy (non-hydrogen) atoms. The number of likely N-dealkylation sites (tertiary alicyclic amines) is 1. The topological polar surface area (TPSA) is 12.5 Å². The smallest absolute Gasteiger partial charge is 0.0729 e. The Balaban J connectivity index is 2.06. The largest absolute Gasteiger partial charge is 0.380 e. The molecule has 1 aliphatic carbocycles. The summed E-state index contributed by atoms with van der Waals surface area (Å²) in [6.45, 7) is 1.30. The Kier molecular flexibility index (Phi) is 1.46. The van der Waals surface area contributed by atoms with Gasteiger partial charge in [0.05, 0.1) is 6.10 Å². The molecule has 2 bridgehead atoms. The molecule has 58 valence electrons. The van der Waals surface area contributed by atoms with E-state index >= 15 is 0 Å². The Morgan fingerprint density at radius 2 is 2.20 bits per heavy atom. The summed E-state index contributed by atoms with van der Waals surface area (Å²) in [4.78, 5) is 2.43. The van der Waals surface area contributed by atoms with Crippen molar-refractivity contribution in [2.24, 2.45) is 5.92 Å². The summed E-state index contributed by atoms with van der Waals surface area (Å²) in [5.41, 5.74) is 0. The zero-order chi connectivity index (χ0) is 7.14. The van der Waals surface area contributed by atoms with Gasteiger partial charge in [-0.1, -0.05) is 0 Å². The molecule has 1 saturated carbocycles. The van der Waals surface area contributed by atoms with Crippen LogP contribution in [0.1, 0.15) is 12.8 Å². The molecule has 2 fully saturated rings. The van der Waals surface area contributed by atoms with Crippen molar-refractivity contribution in [1.29, 1.82) is 0 Å². The van der Waals surface area contributed by atoms with E-state index in [1.807, 2.05) is 7.11 Å². The summed E-state index contributed by atoms with van der Waals surface area (Å²) in [7, 11) is 4.04. The third kappa shape index (κ3) is 0.789. The minimum absolute atomic E-state index is 0.531. The van der Waals surface area contributed by atoms with Crippen LogP contribution in [0.25, 0.3) is 0 Å². The fourth-order valence-electron chi connectivity index (χ4n) is 2.48. The van der Waals surface area contributed by atoms with Gasteiger partial charge in [-0.15, -0.1) is 0 Å². The number of methoxy groups -OCH3 is 1.